The van der Waals surface area contributed by atoms with Crippen molar-refractivity contribution in [2.75, 3.05) is 11.3 Å². The number of H-pyrrole nitrogens is 1. The SMILES string of the molecule is CCCNCc1cc(S(=O)(=O)Nc2cccc(Br)c2)c[nH]1. The summed E-state index contributed by atoms with van der Waals surface area (Å²) in [4.78, 5) is 3.21. The molecule has 0 atom stereocenters. The van der Waals surface area contributed by atoms with Gasteiger partial charge in [-0.25, -0.2) is 8.42 Å². The maximum atomic E-state index is 12.3. The summed E-state index contributed by atoms with van der Waals surface area (Å²) < 4.78 is 28.0. The zero-order valence-electron chi connectivity index (χ0n) is 11.7. The summed E-state index contributed by atoms with van der Waals surface area (Å²) in [5.74, 6) is 0. The average molecular weight is 372 g/mol. The lowest BCUT2D eigenvalue weighted by atomic mass is 10.3. The summed E-state index contributed by atoms with van der Waals surface area (Å²) in [6, 6.07) is 8.68. The van der Waals surface area contributed by atoms with Crippen LogP contribution in [0.1, 0.15) is 19.0 Å². The minimum Gasteiger partial charge on any atom is -0.363 e. The Kier molecular flexibility index (Phi) is 5.44. The second-order valence-corrected chi connectivity index (χ2v) is 7.25. The number of aromatic nitrogens is 1. The van der Waals surface area contributed by atoms with E-state index in [1.54, 1.807) is 24.3 Å². The second-order valence-electron chi connectivity index (χ2n) is 4.65. The van der Waals surface area contributed by atoms with Crippen molar-refractivity contribution in [3.63, 3.8) is 0 Å². The zero-order chi connectivity index (χ0) is 15.3. The van der Waals surface area contributed by atoms with Gasteiger partial charge in [0.1, 0.15) is 4.90 Å². The molecule has 7 heteroatoms. The molecule has 0 fully saturated rings. The Labute approximate surface area is 133 Å². The molecule has 0 saturated carbocycles. The number of halogens is 1. The molecule has 114 valence electrons. The van der Waals surface area contributed by atoms with E-state index in [-0.39, 0.29) is 4.90 Å². The van der Waals surface area contributed by atoms with Crippen LogP contribution in [0.2, 0.25) is 0 Å². The van der Waals surface area contributed by atoms with E-state index in [1.165, 1.54) is 6.20 Å². The number of aromatic amines is 1. The van der Waals surface area contributed by atoms with Crippen molar-refractivity contribution in [2.24, 2.45) is 0 Å². The molecule has 1 aromatic heterocycles. The first-order chi connectivity index (χ1) is 10.0. The summed E-state index contributed by atoms with van der Waals surface area (Å²) in [7, 11) is -3.57. The van der Waals surface area contributed by atoms with Crippen molar-refractivity contribution in [2.45, 2.75) is 24.8 Å². The van der Waals surface area contributed by atoms with E-state index >= 15 is 0 Å². The summed E-state index contributed by atoms with van der Waals surface area (Å²) in [6.45, 7) is 3.61. The number of anilines is 1. The molecule has 2 aromatic rings. The monoisotopic (exact) mass is 371 g/mol. The van der Waals surface area contributed by atoms with Gasteiger partial charge in [0.2, 0.25) is 0 Å². The standard InChI is InChI=1S/C14H18BrN3O2S/c1-2-6-16-9-13-8-14(10-17-13)21(19,20)18-12-5-3-4-11(15)7-12/h3-5,7-8,10,16-18H,2,6,9H2,1H3. The zero-order valence-corrected chi connectivity index (χ0v) is 14.1. The Morgan fingerprint density at radius 1 is 1.29 bits per heavy atom. The fourth-order valence-electron chi connectivity index (χ4n) is 1.84. The molecule has 21 heavy (non-hydrogen) atoms. The summed E-state index contributed by atoms with van der Waals surface area (Å²) in [5.41, 5.74) is 1.37. The maximum Gasteiger partial charge on any atom is 0.263 e. The first-order valence-corrected chi connectivity index (χ1v) is 8.95. The van der Waals surface area contributed by atoms with Gasteiger partial charge < -0.3 is 10.3 Å². The summed E-state index contributed by atoms with van der Waals surface area (Å²) >= 11 is 3.32. The Morgan fingerprint density at radius 3 is 2.81 bits per heavy atom. The Bertz CT molecular complexity index is 698. The van der Waals surface area contributed by atoms with Crippen LogP contribution in [0.15, 0.2) is 45.9 Å². The molecule has 0 amide bonds. The number of hydrogen-bond donors (Lipinski definition) is 3. The van der Waals surface area contributed by atoms with Crippen molar-refractivity contribution in [1.29, 1.82) is 0 Å². The number of hydrogen-bond acceptors (Lipinski definition) is 3. The van der Waals surface area contributed by atoms with Crippen LogP contribution >= 0.6 is 15.9 Å². The van der Waals surface area contributed by atoms with E-state index in [0.29, 0.717) is 12.2 Å². The molecule has 1 aromatic carbocycles. The molecule has 0 unspecified atom stereocenters. The number of nitrogens with one attached hydrogen (secondary N) is 3. The minimum atomic E-state index is -3.57. The van der Waals surface area contributed by atoms with Gasteiger partial charge in [-0.1, -0.05) is 28.9 Å². The van der Waals surface area contributed by atoms with E-state index in [4.69, 9.17) is 0 Å². The normalized spacial score (nSPS) is 11.5. The molecular weight excluding hydrogens is 354 g/mol. The largest absolute Gasteiger partial charge is 0.363 e. The number of sulfonamides is 1. The van der Waals surface area contributed by atoms with Crippen molar-refractivity contribution in [1.82, 2.24) is 10.3 Å². The third kappa shape index (κ3) is 4.59. The first kappa shape index (κ1) is 16.1. The molecule has 0 aliphatic carbocycles. The van der Waals surface area contributed by atoms with Gasteiger partial charge in [-0.15, -0.1) is 0 Å². The number of rotatable bonds is 7. The average Bonchev–Trinajstić information content (AvgIpc) is 2.88. The van der Waals surface area contributed by atoms with Crippen LogP contribution in [-0.2, 0) is 16.6 Å². The van der Waals surface area contributed by atoms with Gasteiger partial charge in [0, 0.05) is 28.6 Å². The molecule has 1 heterocycles. The third-order valence-electron chi connectivity index (χ3n) is 2.85. The number of benzene rings is 1. The lowest BCUT2D eigenvalue weighted by Crippen LogP contribution is -2.14. The van der Waals surface area contributed by atoms with Crippen molar-refractivity contribution in [3.8, 4) is 0 Å². The van der Waals surface area contributed by atoms with Crippen LogP contribution < -0.4 is 10.0 Å². The molecule has 0 aliphatic heterocycles. The van der Waals surface area contributed by atoms with Gasteiger partial charge in [0.25, 0.3) is 10.0 Å². The fraction of sp³-hybridized carbons (Fsp3) is 0.286. The lowest BCUT2D eigenvalue weighted by molar-refractivity contribution is 0.601. The first-order valence-electron chi connectivity index (χ1n) is 6.67. The third-order valence-corrected chi connectivity index (χ3v) is 4.70. The molecule has 0 bridgehead atoms. The van der Waals surface area contributed by atoms with E-state index < -0.39 is 10.0 Å². The molecule has 0 spiro atoms. The predicted molar refractivity (Wildman–Crippen MR) is 87.7 cm³/mol. The van der Waals surface area contributed by atoms with Gasteiger partial charge in [-0.05, 0) is 37.2 Å². The van der Waals surface area contributed by atoms with Crippen LogP contribution in [0.3, 0.4) is 0 Å². The Balaban J connectivity index is 2.09. The van der Waals surface area contributed by atoms with Crippen molar-refractivity contribution < 1.29 is 8.42 Å². The quantitative estimate of drug-likeness (QED) is 0.654. The van der Waals surface area contributed by atoms with Gasteiger partial charge in [0.05, 0.1) is 0 Å². The van der Waals surface area contributed by atoms with Gasteiger partial charge in [-0.2, -0.15) is 0 Å². The van der Waals surface area contributed by atoms with E-state index in [1.807, 2.05) is 6.07 Å². The molecule has 0 saturated heterocycles. The van der Waals surface area contributed by atoms with Crippen LogP contribution in [0, 0.1) is 0 Å². The topological polar surface area (TPSA) is 74.0 Å². The van der Waals surface area contributed by atoms with Gasteiger partial charge >= 0.3 is 0 Å². The Morgan fingerprint density at radius 2 is 2.10 bits per heavy atom. The highest BCUT2D eigenvalue weighted by molar-refractivity contribution is 9.10. The van der Waals surface area contributed by atoms with Crippen LogP contribution in [0.4, 0.5) is 5.69 Å². The highest BCUT2D eigenvalue weighted by Gasteiger charge is 2.16. The van der Waals surface area contributed by atoms with Crippen LogP contribution in [-0.4, -0.2) is 19.9 Å². The highest BCUT2D eigenvalue weighted by atomic mass is 79.9. The van der Waals surface area contributed by atoms with Gasteiger partial charge in [0.15, 0.2) is 0 Å². The molecule has 0 radical (unpaired) electrons. The Hall–Kier alpha value is -1.31. The molecular formula is C14H18BrN3O2S. The van der Waals surface area contributed by atoms with Crippen molar-refractivity contribution >= 4 is 31.6 Å². The predicted octanol–water partition coefficient (Wildman–Crippen LogP) is 3.08. The van der Waals surface area contributed by atoms with Crippen molar-refractivity contribution in [3.05, 3.63) is 46.7 Å². The van der Waals surface area contributed by atoms with Crippen LogP contribution in [0.25, 0.3) is 0 Å². The molecule has 5 nitrogen and oxygen atoms in total. The smallest absolute Gasteiger partial charge is 0.263 e. The highest BCUT2D eigenvalue weighted by Crippen LogP contribution is 2.20. The fourth-order valence-corrected chi connectivity index (χ4v) is 3.31. The van der Waals surface area contributed by atoms with E-state index in [0.717, 1.165) is 23.1 Å². The minimum absolute atomic E-state index is 0.232. The molecule has 0 aliphatic rings. The molecule has 3 N–H and O–H groups in total. The maximum absolute atomic E-state index is 12.3. The van der Waals surface area contributed by atoms with E-state index in [2.05, 4.69) is 37.9 Å². The lowest BCUT2D eigenvalue weighted by Gasteiger charge is -2.06. The summed E-state index contributed by atoms with van der Waals surface area (Å²) in [5, 5.41) is 3.22. The van der Waals surface area contributed by atoms with Crippen LogP contribution in [0.5, 0.6) is 0 Å². The van der Waals surface area contributed by atoms with E-state index in [9.17, 15) is 8.42 Å². The van der Waals surface area contributed by atoms with Gasteiger partial charge in [-0.3, -0.25) is 4.72 Å². The summed E-state index contributed by atoms with van der Waals surface area (Å²) in [6.07, 6.45) is 2.54. The second kappa shape index (κ2) is 7.11. The molecule has 2 rings (SSSR count).